The van der Waals surface area contributed by atoms with Gasteiger partial charge in [-0.15, -0.1) is 0 Å². The molecule has 0 aliphatic carbocycles. The molecule has 17 heavy (non-hydrogen) atoms. The summed E-state index contributed by atoms with van der Waals surface area (Å²) in [5.74, 6) is 1.66. The first-order valence-corrected chi connectivity index (χ1v) is 6.60. The first-order valence-electron chi connectivity index (χ1n) is 6.60. The lowest BCUT2D eigenvalue weighted by atomic mass is 9.87. The third-order valence-corrected chi connectivity index (χ3v) is 4.06. The van der Waals surface area contributed by atoms with Gasteiger partial charge in [-0.2, -0.15) is 0 Å². The lowest BCUT2D eigenvalue weighted by Crippen LogP contribution is -2.49. The molecule has 1 amide bonds. The Kier molecular flexibility index (Phi) is 5.40. The zero-order valence-corrected chi connectivity index (χ0v) is 11.6. The quantitative estimate of drug-likeness (QED) is 0.791. The molecule has 1 heterocycles. The van der Waals surface area contributed by atoms with E-state index in [1.165, 1.54) is 6.42 Å². The van der Waals surface area contributed by atoms with Gasteiger partial charge in [0.1, 0.15) is 0 Å². The van der Waals surface area contributed by atoms with Crippen molar-refractivity contribution < 1.29 is 4.79 Å². The third-order valence-electron chi connectivity index (χ3n) is 4.06. The molecule has 4 nitrogen and oxygen atoms in total. The van der Waals surface area contributed by atoms with Crippen molar-refractivity contribution in [3.63, 3.8) is 0 Å². The second-order valence-electron chi connectivity index (χ2n) is 5.62. The maximum absolute atomic E-state index is 11.7. The van der Waals surface area contributed by atoms with Crippen molar-refractivity contribution in [3.05, 3.63) is 0 Å². The fraction of sp³-hybridized carbons (Fsp3) is 0.923. The molecule has 0 saturated carbocycles. The van der Waals surface area contributed by atoms with E-state index in [9.17, 15) is 4.79 Å². The molecule has 0 bridgehead atoms. The Hall–Kier alpha value is -0.610. The van der Waals surface area contributed by atoms with Crippen molar-refractivity contribution in [1.29, 1.82) is 0 Å². The maximum Gasteiger partial charge on any atom is 0.223 e. The van der Waals surface area contributed by atoms with Gasteiger partial charge in [0, 0.05) is 39.6 Å². The molecule has 4 heteroatoms. The smallest absolute Gasteiger partial charge is 0.223 e. The molecule has 0 radical (unpaired) electrons. The molecule has 3 unspecified atom stereocenters. The number of nitrogens with two attached hydrogens (primary N) is 1. The Labute approximate surface area is 105 Å². The number of hydrogen-bond donors (Lipinski definition) is 1. The highest BCUT2D eigenvalue weighted by Crippen LogP contribution is 2.24. The highest BCUT2D eigenvalue weighted by atomic mass is 16.2. The molecule has 1 rings (SSSR count). The number of nitrogens with zero attached hydrogens (tertiary/aromatic N) is 2. The fourth-order valence-corrected chi connectivity index (χ4v) is 2.37. The summed E-state index contributed by atoms with van der Waals surface area (Å²) in [6.07, 6.45) is 1.76. The zero-order chi connectivity index (χ0) is 13.0. The summed E-state index contributed by atoms with van der Waals surface area (Å²) >= 11 is 0. The Morgan fingerprint density at radius 3 is 2.53 bits per heavy atom. The Morgan fingerprint density at radius 1 is 1.41 bits per heavy atom. The van der Waals surface area contributed by atoms with E-state index < -0.39 is 0 Å². The van der Waals surface area contributed by atoms with Gasteiger partial charge in [-0.1, -0.05) is 13.8 Å². The van der Waals surface area contributed by atoms with Gasteiger partial charge >= 0.3 is 0 Å². The van der Waals surface area contributed by atoms with Crippen LogP contribution in [0.1, 0.15) is 26.7 Å². The van der Waals surface area contributed by atoms with E-state index in [4.69, 9.17) is 5.73 Å². The van der Waals surface area contributed by atoms with Crippen LogP contribution < -0.4 is 5.73 Å². The minimum Gasteiger partial charge on any atom is -0.349 e. The Bertz CT molecular complexity index is 255. The van der Waals surface area contributed by atoms with Crippen LogP contribution in [0.4, 0.5) is 0 Å². The average Bonchev–Trinajstić information content (AvgIpc) is 2.29. The van der Waals surface area contributed by atoms with Crippen molar-refractivity contribution in [2.75, 3.05) is 33.7 Å². The summed E-state index contributed by atoms with van der Waals surface area (Å²) in [5.41, 5.74) is 5.82. The van der Waals surface area contributed by atoms with Crippen molar-refractivity contribution in [3.8, 4) is 0 Å². The maximum atomic E-state index is 11.7. The molecule has 0 aromatic carbocycles. The normalized spacial score (nSPS) is 27.8. The van der Waals surface area contributed by atoms with Gasteiger partial charge in [0.25, 0.3) is 0 Å². The molecule has 1 saturated heterocycles. The molecular formula is C13H27N3O. The molecule has 0 aromatic rings. The van der Waals surface area contributed by atoms with E-state index in [1.54, 1.807) is 19.0 Å². The van der Waals surface area contributed by atoms with E-state index in [2.05, 4.69) is 18.7 Å². The van der Waals surface area contributed by atoms with Gasteiger partial charge in [-0.25, -0.2) is 0 Å². The van der Waals surface area contributed by atoms with Gasteiger partial charge in [-0.05, 0) is 24.8 Å². The first-order chi connectivity index (χ1) is 7.95. The standard InChI is InChI=1S/C13H27N3O/c1-10-5-6-16(9-11(10)2)12(8-14)7-13(17)15(3)4/h10-12H,5-9,14H2,1-4H3. The number of hydrogen-bond acceptors (Lipinski definition) is 3. The van der Waals surface area contributed by atoms with Gasteiger partial charge in [0.05, 0.1) is 0 Å². The monoisotopic (exact) mass is 241 g/mol. The fourth-order valence-electron chi connectivity index (χ4n) is 2.37. The Balaban J connectivity index is 2.53. The molecule has 3 atom stereocenters. The highest BCUT2D eigenvalue weighted by molar-refractivity contribution is 5.76. The van der Waals surface area contributed by atoms with E-state index in [0.29, 0.717) is 18.9 Å². The topological polar surface area (TPSA) is 49.6 Å². The molecule has 1 fully saturated rings. The van der Waals surface area contributed by atoms with Gasteiger partial charge in [-0.3, -0.25) is 9.69 Å². The summed E-state index contributed by atoms with van der Waals surface area (Å²) in [6.45, 7) is 7.32. The van der Waals surface area contributed by atoms with E-state index in [0.717, 1.165) is 19.0 Å². The number of carbonyl (C=O) groups is 1. The van der Waals surface area contributed by atoms with Crippen LogP contribution in [0.2, 0.25) is 0 Å². The van der Waals surface area contributed by atoms with Crippen LogP contribution in [0.15, 0.2) is 0 Å². The zero-order valence-electron chi connectivity index (χ0n) is 11.6. The summed E-state index contributed by atoms with van der Waals surface area (Å²) in [4.78, 5) is 15.8. The van der Waals surface area contributed by atoms with E-state index in [-0.39, 0.29) is 11.9 Å². The molecule has 0 aromatic heterocycles. The molecule has 0 spiro atoms. The third kappa shape index (κ3) is 3.96. The number of carbonyl (C=O) groups excluding carboxylic acids is 1. The Morgan fingerprint density at radius 2 is 2.06 bits per heavy atom. The van der Waals surface area contributed by atoms with Crippen LogP contribution in [0.3, 0.4) is 0 Å². The van der Waals surface area contributed by atoms with Crippen LogP contribution in [0.25, 0.3) is 0 Å². The summed E-state index contributed by atoms with van der Waals surface area (Å²) in [5, 5.41) is 0. The van der Waals surface area contributed by atoms with Gasteiger partial charge < -0.3 is 10.6 Å². The van der Waals surface area contributed by atoms with Gasteiger partial charge in [0.15, 0.2) is 0 Å². The molecular weight excluding hydrogens is 214 g/mol. The van der Waals surface area contributed by atoms with Crippen LogP contribution in [-0.4, -0.2) is 55.5 Å². The molecule has 1 aliphatic rings. The van der Waals surface area contributed by atoms with Crippen LogP contribution in [0.5, 0.6) is 0 Å². The van der Waals surface area contributed by atoms with Crippen LogP contribution in [0, 0.1) is 11.8 Å². The number of amides is 1. The summed E-state index contributed by atoms with van der Waals surface area (Å²) in [6, 6.07) is 0.208. The largest absolute Gasteiger partial charge is 0.349 e. The second-order valence-corrected chi connectivity index (χ2v) is 5.62. The number of piperidine rings is 1. The van der Waals surface area contributed by atoms with Crippen LogP contribution >= 0.6 is 0 Å². The minimum atomic E-state index is 0.173. The van der Waals surface area contributed by atoms with Crippen molar-refractivity contribution in [2.45, 2.75) is 32.7 Å². The lowest BCUT2D eigenvalue weighted by Gasteiger charge is -2.39. The lowest BCUT2D eigenvalue weighted by molar-refractivity contribution is -0.130. The molecule has 1 aliphatic heterocycles. The van der Waals surface area contributed by atoms with Crippen molar-refractivity contribution in [2.24, 2.45) is 17.6 Å². The molecule has 100 valence electrons. The minimum absolute atomic E-state index is 0.173. The SMILES string of the molecule is CC1CCN(C(CN)CC(=O)N(C)C)CC1C. The van der Waals surface area contributed by atoms with E-state index in [1.807, 2.05) is 0 Å². The summed E-state index contributed by atoms with van der Waals surface area (Å²) < 4.78 is 0. The van der Waals surface area contributed by atoms with Crippen LogP contribution in [-0.2, 0) is 4.79 Å². The highest BCUT2D eigenvalue weighted by Gasteiger charge is 2.28. The first kappa shape index (κ1) is 14.5. The summed E-state index contributed by atoms with van der Waals surface area (Å²) in [7, 11) is 3.60. The van der Waals surface area contributed by atoms with E-state index >= 15 is 0 Å². The predicted octanol–water partition coefficient (Wildman–Crippen LogP) is 0.770. The van der Waals surface area contributed by atoms with Crippen molar-refractivity contribution in [1.82, 2.24) is 9.80 Å². The average molecular weight is 241 g/mol. The second kappa shape index (κ2) is 6.36. The number of likely N-dealkylation sites (tertiary alicyclic amines) is 1. The predicted molar refractivity (Wildman–Crippen MR) is 70.7 cm³/mol. The number of rotatable bonds is 4. The van der Waals surface area contributed by atoms with Gasteiger partial charge in [0.2, 0.25) is 5.91 Å². The van der Waals surface area contributed by atoms with Crippen molar-refractivity contribution >= 4 is 5.91 Å². The molecule has 2 N–H and O–H groups in total.